The molecule has 1 aromatic carbocycles. The summed E-state index contributed by atoms with van der Waals surface area (Å²) in [5.41, 5.74) is 1.36. The van der Waals surface area contributed by atoms with Gasteiger partial charge in [-0.25, -0.2) is 0 Å². The molecule has 1 aromatic rings. The van der Waals surface area contributed by atoms with Crippen molar-refractivity contribution in [1.82, 2.24) is 4.90 Å². The van der Waals surface area contributed by atoms with E-state index in [1.807, 2.05) is 0 Å². The highest BCUT2D eigenvalue weighted by Crippen LogP contribution is 2.09. The van der Waals surface area contributed by atoms with Crippen molar-refractivity contribution in [1.29, 1.82) is 0 Å². The molecule has 0 aromatic heterocycles. The van der Waals surface area contributed by atoms with Crippen molar-refractivity contribution in [3.63, 3.8) is 0 Å². The summed E-state index contributed by atoms with van der Waals surface area (Å²) in [5, 5.41) is 0. The van der Waals surface area contributed by atoms with E-state index in [9.17, 15) is 0 Å². The van der Waals surface area contributed by atoms with Crippen molar-refractivity contribution in [3.8, 4) is 0 Å². The quantitative estimate of drug-likeness (QED) is 0.396. The molecular weight excluding hydrogens is 274 g/mol. The van der Waals surface area contributed by atoms with Gasteiger partial charge < -0.3 is 9.47 Å². The van der Waals surface area contributed by atoms with E-state index in [4.69, 9.17) is 9.47 Å². The van der Waals surface area contributed by atoms with Gasteiger partial charge in [-0.3, -0.25) is 4.90 Å². The van der Waals surface area contributed by atoms with E-state index in [0.717, 1.165) is 32.5 Å². The maximum atomic E-state index is 5.80. The number of benzene rings is 1. The third kappa shape index (κ3) is 8.52. The van der Waals surface area contributed by atoms with Gasteiger partial charge in [-0.1, -0.05) is 57.0 Å². The average Bonchev–Trinajstić information content (AvgIpc) is 2.54. The molecule has 0 aliphatic heterocycles. The number of hydrogen-bond donors (Lipinski definition) is 0. The second-order valence-corrected chi connectivity index (χ2v) is 5.91. The van der Waals surface area contributed by atoms with Crippen molar-refractivity contribution >= 4 is 0 Å². The summed E-state index contributed by atoms with van der Waals surface area (Å²) in [6.45, 7) is 9.60. The summed E-state index contributed by atoms with van der Waals surface area (Å²) in [6.07, 6.45) is 5.61. The first kappa shape index (κ1) is 19.1. The lowest BCUT2D eigenvalue weighted by Crippen LogP contribution is -2.38. The monoisotopic (exact) mass is 307 g/mol. The molecule has 0 aliphatic rings. The molecule has 1 rings (SSSR count). The Hall–Kier alpha value is -0.900. The summed E-state index contributed by atoms with van der Waals surface area (Å²) in [4.78, 5) is 2.29. The smallest absolute Gasteiger partial charge is 0.101 e. The molecule has 3 heteroatoms. The largest absolute Gasteiger partial charge is 0.366 e. The van der Waals surface area contributed by atoms with E-state index in [2.05, 4.69) is 56.0 Å². The Bertz CT molecular complexity index is 344. The van der Waals surface area contributed by atoms with E-state index in [1.54, 1.807) is 0 Å². The molecule has 0 saturated carbocycles. The molecule has 0 N–H and O–H groups in total. The topological polar surface area (TPSA) is 21.7 Å². The highest BCUT2D eigenvalue weighted by molar-refractivity contribution is 5.15. The van der Waals surface area contributed by atoms with E-state index in [-0.39, 0.29) is 0 Å². The molecule has 1 unspecified atom stereocenters. The predicted molar refractivity (Wildman–Crippen MR) is 92.9 cm³/mol. The van der Waals surface area contributed by atoms with Crippen molar-refractivity contribution in [3.05, 3.63) is 35.9 Å². The molecule has 0 aliphatic carbocycles. The highest BCUT2D eigenvalue weighted by atomic mass is 16.5. The van der Waals surface area contributed by atoms with Gasteiger partial charge >= 0.3 is 0 Å². The Morgan fingerprint density at radius 1 is 0.909 bits per heavy atom. The van der Waals surface area contributed by atoms with Gasteiger partial charge in [0.05, 0.1) is 0 Å². The fourth-order valence-electron chi connectivity index (χ4n) is 2.23. The van der Waals surface area contributed by atoms with Crippen LogP contribution in [0.4, 0.5) is 0 Å². The zero-order valence-corrected chi connectivity index (χ0v) is 14.6. The van der Waals surface area contributed by atoms with Gasteiger partial charge in [0.25, 0.3) is 0 Å². The first-order chi connectivity index (χ1) is 10.8. The Morgan fingerprint density at radius 2 is 1.45 bits per heavy atom. The third-order valence-corrected chi connectivity index (χ3v) is 3.80. The molecule has 126 valence electrons. The van der Waals surface area contributed by atoms with E-state index in [0.29, 0.717) is 19.5 Å². The number of hydrogen-bond acceptors (Lipinski definition) is 3. The molecule has 0 fully saturated rings. The second-order valence-electron chi connectivity index (χ2n) is 5.91. The van der Waals surface area contributed by atoms with Crippen LogP contribution in [0.5, 0.6) is 0 Å². The lowest BCUT2D eigenvalue weighted by molar-refractivity contribution is -0.0638. The van der Waals surface area contributed by atoms with Crippen LogP contribution in [0, 0.1) is 0 Å². The Balaban J connectivity index is 2.42. The first-order valence-electron chi connectivity index (χ1n) is 8.71. The summed E-state index contributed by atoms with van der Waals surface area (Å²) in [7, 11) is 0. The molecule has 0 spiro atoms. The first-order valence-corrected chi connectivity index (χ1v) is 8.71. The summed E-state index contributed by atoms with van der Waals surface area (Å²) < 4.78 is 11.6. The minimum absolute atomic E-state index is 0.408. The van der Waals surface area contributed by atoms with Crippen molar-refractivity contribution in [2.75, 3.05) is 26.7 Å². The molecule has 22 heavy (non-hydrogen) atoms. The van der Waals surface area contributed by atoms with Crippen LogP contribution >= 0.6 is 0 Å². The Labute approximate surface area is 136 Å². The predicted octanol–water partition coefficient (Wildman–Crippen LogP) is 4.47. The highest BCUT2D eigenvalue weighted by Gasteiger charge is 2.14. The van der Waals surface area contributed by atoms with Gasteiger partial charge in [-0.05, 0) is 31.7 Å². The number of ether oxygens (including phenoxy) is 2. The summed E-state index contributed by atoms with van der Waals surface area (Å²) in [5.74, 6) is 0. The minimum atomic E-state index is 0.408. The lowest BCUT2D eigenvalue weighted by Gasteiger charge is -2.28. The molecular formula is C19H33NO2. The molecule has 0 bridgehead atoms. The van der Waals surface area contributed by atoms with Crippen molar-refractivity contribution in [2.24, 2.45) is 0 Å². The van der Waals surface area contributed by atoms with Crippen molar-refractivity contribution in [2.45, 2.75) is 58.9 Å². The summed E-state index contributed by atoms with van der Waals surface area (Å²) >= 11 is 0. The lowest BCUT2D eigenvalue weighted by atomic mass is 10.1. The standard InChI is InChI=1S/C19H33NO2/c1-4-6-13-21-16-20(17-22-14-7-5-2)18(3)15-19-11-9-8-10-12-19/h8-12,18H,4-7,13-17H2,1-3H3. The zero-order valence-electron chi connectivity index (χ0n) is 14.6. The van der Waals surface area contributed by atoms with Gasteiger partial charge in [0.2, 0.25) is 0 Å². The van der Waals surface area contributed by atoms with Crippen LogP contribution in [0.25, 0.3) is 0 Å². The van der Waals surface area contributed by atoms with E-state index < -0.39 is 0 Å². The second kappa shape index (κ2) is 12.6. The fourth-order valence-corrected chi connectivity index (χ4v) is 2.23. The molecule has 0 saturated heterocycles. The molecule has 0 radical (unpaired) electrons. The normalized spacial score (nSPS) is 12.7. The zero-order chi connectivity index (χ0) is 16.0. The van der Waals surface area contributed by atoms with Crippen LogP contribution in [0.1, 0.15) is 52.0 Å². The Kier molecular flexibility index (Phi) is 11.0. The molecule has 1 atom stereocenters. The van der Waals surface area contributed by atoms with Crippen LogP contribution in [-0.4, -0.2) is 37.6 Å². The number of unbranched alkanes of at least 4 members (excludes halogenated alkanes) is 2. The molecule has 0 heterocycles. The summed E-state index contributed by atoms with van der Waals surface area (Å²) in [6, 6.07) is 11.0. The maximum Gasteiger partial charge on any atom is 0.101 e. The van der Waals surface area contributed by atoms with Crippen LogP contribution in [0.3, 0.4) is 0 Å². The van der Waals surface area contributed by atoms with Gasteiger partial charge in [0.15, 0.2) is 0 Å². The van der Waals surface area contributed by atoms with Crippen molar-refractivity contribution < 1.29 is 9.47 Å². The SMILES string of the molecule is CCCCOCN(COCCCC)C(C)Cc1ccccc1. The fraction of sp³-hybridized carbons (Fsp3) is 0.684. The van der Waals surface area contributed by atoms with Gasteiger partial charge in [0, 0.05) is 19.3 Å². The molecule has 0 amide bonds. The Morgan fingerprint density at radius 3 is 1.95 bits per heavy atom. The van der Waals surface area contributed by atoms with Crippen LogP contribution in [0.15, 0.2) is 30.3 Å². The van der Waals surface area contributed by atoms with E-state index in [1.165, 1.54) is 18.4 Å². The van der Waals surface area contributed by atoms with Crippen LogP contribution in [0.2, 0.25) is 0 Å². The number of rotatable bonds is 13. The maximum absolute atomic E-state index is 5.80. The van der Waals surface area contributed by atoms with Gasteiger partial charge in [0.1, 0.15) is 13.5 Å². The average molecular weight is 307 g/mol. The van der Waals surface area contributed by atoms with Crippen LogP contribution < -0.4 is 0 Å². The third-order valence-electron chi connectivity index (χ3n) is 3.80. The van der Waals surface area contributed by atoms with Crippen LogP contribution in [-0.2, 0) is 15.9 Å². The molecule has 3 nitrogen and oxygen atoms in total. The van der Waals surface area contributed by atoms with Gasteiger partial charge in [-0.15, -0.1) is 0 Å². The van der Waals surface area contributed by atoms with E-state index >= 15 is 0 Å². The minimum Gasteiger partial charge on any atom is -0.366 e. The van der Waals surface area contributed by atoms with Gasteiger partial charge in [-0.2, -0.15) is 0 Å². The number of nitrogens with zero attached hydrogens (tertiary/aromatic N) is 1.